The minimum Gasteiger partial charge on any atom is -0.495 e. The zero-order valence-corrected chi connectivity index (χ0v) is 18.7. The van der Waals surface area contributed by atoms with E-state index in [1.165, 1.54) is 4.90 Å². The zero-order valence-electron chi connectivity index (χ0n) is 18.7. The van der Waals surface area contributed by atoms with Gasteiger partial charge in [0.2, 0.25) is 0 Å². The lowest BCUT2D eigenvalue weighted by Gasteiger charge is -2.16. The van der Waals surface area contributed by atoms with Gasteiger partial charge in [0, 0.05) is 0 Å². The van der Waals surface area contributed by atoms with Crippen LogP contribution in [-0.4, -0.2) is 30.4 Å². The Bertz CT molecular complexity index is 1170. The molecular formula is C27H26N2O4. The van der Waals surface area contributed by atoms with Crippen LogP contribution in [0.25, 0.3) is 5.57 Å². The monoisotopic (exact) mass is 442 g/mol. The number of benzene rings is 3. The first-order chi connectivity index (χ1) is 16.1. The number of hydrogen-bond acceptors (Lipinski definition) is 5. The molecule has 0 aromatic heterocycles. The maximum absolute atomic E-state index is 13.5. The van der Waals surface area contributed by atoms with Crippen LogP contribution in [0.2, 0.25) is 0 Å². The summed E-state index contributed by atoms with van der Waals surface area (Å²) < 4.78 is 11.1. The Kier molecular flexibility index (Phi) is 6.74. The summed E-state index contributed by atoms with van der Waals surface area (Å²) in [6.07, 6.45) is 0.904. The van der Waals surface area contributed by atoms with Crippen LogP contribution >= 0.6 is 0 Å². The van der Waals surface area contributed by atoms with E-state index in [1.54, 1.807) is 25.3 Å². The van der Waals surface area contributed by atoms with Gasteiger partial charge in [0.05, 0.1) is 31.5 Å². The number of hydrogen-bond donors (Lipinski definition) is 1. The van der Waals surface area contributed by atoms with Crippen LogP contribution in [0.15, 0.2) is 84.6 Å². The van der Waals surface area contributed by atoms with Crippen molar-refractivity contribution in [2.24, 2.45) is 0 Å². The van der Waals surface area contributed by atoms with E-state index in [0.29, 0.717) is 29.2 Å². The summed E-state index contributed by atoms with van der Waals surface area (Å²) in [4.78, 5) is 28.2. The van der Waals surface area contributed by atoms with Crippen LogP contribution in [-0.2, 0) is 16.1 Å². The second-order valence-electron chi connectivity index (χ2n) is 7.63. The number of imide groups is 1. The quantitative estimate of drug-likeness (QED) is 0.479. The Labute approximate surface area is 193 Å². The van der Waals surface area contributed by atoms with Gasteiger partial charge in [-0.25, -0.2) is 0 Å². The van der Waals surface area contributed by atoms with E-state index >= 15 is 0 Å². The van der Waals surface area contributed by atoms with Crippen molar-refractivity contribution in [3.8, 4) is 11.5 Å². The highest BCUT2D eigenvalue weighted by Crippen LogP contribution is 2.34. The van der Waals surface area contributed by atoms with E-state index in [0.717, 1.165) is 17.7 Å². The van der Waals surface area contributed by atoms with E-state index < -0.39 is 0 Å². The van der Waals surface area contributed by atoms with Crippen molar-refractivity contribution in [2.45, 2.75) is 19.9 Å². The third kappa shape index (κ3) is 4.75. The maximum Gasteiger partial charge on any atom is 0.278 e. The molecule has 6 heteroatoms. The second-order valence-corrected chi connectivity index (χ2v) is 7.63. The van der Waals surface area contributed by atoms with E-state index in [2.05, 4.69) is 5.32 Å². The normalized spacial score (nSPS) is 13.5. The molecule has 6 nitrogen and oxygen atoms in total. The molecule has 168 valence electrons. The highest BCUT2D eigenvalue weighted by Gasteiger charge is 2.39. The minimum absolute atomic E-state index is 0.191. The highest BCUT2D eigenvalue weighted by molar-refractivity contribution is 6.36. The molecule has 4 rings (SSSR count). The second kappa shape index (κ2) is 10.0. The summed E-state index contributed by atoms with van der Waals surface area (Å²) in [6, 6.07) is 24.0. The topological polar surface area (TPSA) is 67.9 Å². The third-order valence-corrected chi connectivity index (χ3v) is 5.33. The third-order valence-electron chi connectivity index (χ3n) is 5.33. The first-order valence-corrected chi connectivity index (χ1v) is 10.9. The Morgan fingerprint density at radius 1 is 0.848 bits per heavy atom. The Hall–Kier alpha value is -4.06. The number of rotatable bonds is 9. The van der Waals surface area contributed by atoms with Gasteiger partial charge in [0.15, 0.2) is 0 Å². The van der Waals surface area contributed by atoms with Crippen LogP contribution in [0.4, 0.5) is 5.69 Å². The molecule has 0 unspecified atom stereocenters. The number of carbonyl (C=O) groups is 2. The summed E-state index contributed by atoms with van der Waals surface area (Å²) in [7, 11) is 1.56. The van der Waals surface area contributed by atoms with Crippen molar-refractivity contribution in [1.82, 2.24) is 4.90 Å². The van der Waals surface area contributed by atoms with Crippen LogP contribution in [0.5, 0.6) is 11.5 Å². The molecule has 2 amide bonds. The van der Waals surface area contributed by atoms with Gasteiger partial charge < -0.3 is 14.8 Å². The molecule has 1 heterocycles. The Morgan fingerprint density at radius 2 is 1.55 bits per heavy atom. The minimum atomic E-state index is -0.379. The SMILES string of the molecule is CCCOc1ccc(C2=C(Nc3ccccc3OC)C(=O)N(Cc3ccccc3)C2=O)cc1. The van der Waals surface area contributed by atoms with Crippen LogP contribution < -0.4 is 14.8 Å². The summed E-state index contributed by atoms with van der Waals surface area (Å²) >= 11 is 0. The smallest absolute Gasteiger partial charge is 0.278 e. The molecule has 3 aromatic carbocycles. The summed E-state index contributed by atoms with van der Waals surface area (Å²) in [5.74, 6) is 0.576. The molecule has 0 saturated carbocycles. The lowest BCUT2D eigenvalue weighted by atomic mass is 10.0. The average molecular weight is 443 g/mol. The molecule has 3 aromatic rings. The molecule has 0 atom stereocenters. The van der Waals surface area contributed by atoms with Crippen molar-refractivity contribution in [3.63, 3.8) is 0 Å². The highest BCUT2D eigenvalue weighted by atomic mass is 16.5. The van der Waals surface area contributed by atoms with E-state index in [-0.39, 0.29) is 24.1 Å². The number of nitrogens with zero attached hydrogens (tertiary/aromatic N) is 1. The van der Waals surface area contributed by atoms with Gasteiger partial charge >= 0.3 is 0 Å². The largest absolute Gasteiger partial charge is 0.495 e. The number of nitrogens with one attached hydrogen (secondary N) is 1. The van der Waals surface area contributed by atoms with E-state index in [4.69, 9.17) is 9.47 Å². The van der Waals surface area contributed by atoms with Crippen molar-refractivity contribution in [2.75, 3.05) is 19.0 Å². The molecule has 0 bridgehead atoms. The van der Waals surface area contributed by atoms with Crippen molar-refractivity contribution >= 4 is 23.1 Å². The Morgan fingerprint density at radius 3 is 2.24 bits per heavy atom. The van der Waals surface area contributed by atoms with Gasteiger partial charge in [-0.05, 0) is 41.8 Å². The summed E-state index contributed by atoms with van der Waals surface area (Å²) in [6.45, 7) is 2.85. The molecule has 0 aliphatic carbocycles. The molecule has 0 radical (unpaired) electrons. The lowest BCUT2D eigenvalue weighted by Crippen LogP contribution is -2.32. The van der Waals surface area contributed by atoms with Crippen LogP contribution in [0, 0.1) is 0 Å². The van der Waals surface area contributed by atoms with Gasteiger partial charge in [-0.1, -0.05) is 61.5 Å². The Balaban J connectivity index is 1.72. The molecule has 0 saturated heterocycles. The number of ether oxygens (including phenoxy) is 2. The lowest BCUT2D eigenvalue weighted by molar-refractivity contribution is -0.137. The average Bonchev–Trinajstić information content (AvgIpc) is 3.08. The number of para-hydroxylation sites is 2. The maximum atomic E-state index is 13.5. The molecule has 1 aliphatic rings. The first kappa shape index (κ1) is 22.1. The molecule has 0 fully saturated rings. The molecule has 1 N–H and O–H groups in total. The fourth-order valence-electron chi connectivity index (χ4n) is 3.69. The molecule has 0 spiro atoms. The van der Waals surface area contributed by atoms with Crippen molar-refractivity contribution in [1.29, 1.82) is 0 Å². The number of methoxy groups -OCH3 is 1. The number of amides is 2. The zero-order chi connectivity index (χ0) is 23.2. The van der Waals surface area contributed by atoms with Crippen molar-refractivity contribution in [3.05, 3.63) is 95.7 Å². The van der Waals surface area contributed by atoms with E-state index in [1.807, 2.05) is 67.6 Å². The van der Waals surface area contributed by atoms with Crippen LogP contribution in [0.1, 0.15) is 24.5 Å². The molecule has 33 heavy (non-hydrogen) atoms. The van der Waals surface area contributed by atoms with E-state index in [9.17, 15) is 9.59 Å². The van der Waals surface area contributed by atoms with Gasteiger partial charge in [-0.3, -0.25) is 14.5 Å². The van der Waals surface area contributed by atoms with Gasteiger partial charge in [-0.2, -0.15) is 0 Å². The van der Waals surface area contributed by atoms with Gasteiger partial charge in [0.25, 0.3) is 11.8 Å². The summed E-state index contributed by atoms with van der Waals surface area (Å²) in [5, 5.41) is 3.17. The number of anilines is 1. The fourth-order valence-corrected chi connectivity index (χ4v) is 3.69. The number of carbonyl (C=O) groups excluding carboxylic acids is 2. The predicted octanol–water partition coefficient (Wildman–Crippen LogP) is 4.88. The van der Waals surface area contributed by atoms with Gasteiger partial charge in [0.1, 0.15) is 17.2 Å². The summed E-state index contributed by atoms with van der Waals surface area (Å²) in [5.41, 5.74) is 2.68. The first-order valence-electron chi connectivity index (χ1n) is 10.9. The molecular weight excluding hydrogens is 416 g/mol. The molecule has 1 aliphatic heterocycles. The predicted molar refractivity (Wildman–Crippen MR) is 128 cm³/mol. The fraction of sp³-hybridized carbons (Fsp3) is 0.185. The van der Waals surface area contributed by atoms with Gasteiger partial charge in [-0.15, -0.1) is 0 Å². The van der Waals surface area contributed by atoms with Crippen LogP contribution in [0.3, 0.4) is 0 Å². The standard InChI is InChI=1S/C27H26N2O4/c1-3-17-33-21-15-13-20(14-16-21)24-25(28-22-11-7-8-12-23(22)32-2)27(31)29(26(24)30)18-19-9-5-4-6-10-19/h4-16,28H,3,17-18H2,1-2H3. The van der Waals surface area contributed by atoms with Crippen molar-refractivity contribution < 1.29 is 19.1 Å².